The molecule has 6 heteroatoms. The fraction of sp³-hybridized carbons (Fsp3) is 0.111. The topological polar surface area (TPSA) is 76.9 Å². The number of hydrogen-bond donors (Lipinski definition) is 1. The van der Waals surface area contributed by atoms with Crippen molar-refractivity contribution in [2.24, 2.45) is 10.7 Å². The van der Waals surface area contributed by atoms with Crippen LogP contribution in [0.4, 0.5) is 5.69 Å². The Morgan fingerprint density at radius 3 is 2.71 bits per heavy atom. The van der Waals surface area contributed by atoms with E-state index >= 15 is 0 Å². The zero-order valence-corrected chi connectivity index (χ0v) is 13.1. The molecule has 1 atom stereocenters. The van der Waals surface area contributed by atoms with Gasteiger partial charge in [-0.2, -0.15) is 0 Å². The van der Waals surface area contributed by atoms with Crippen LogP contribution in [0.15, 0.2) is 70.5 Å². The summed E-state index contributed by atoms with van der Waals surface area (Å²) >= 11 is 0. The van der Waals surface area contributed by atoms with Crippen molar-refractivity contribution in [3.8, 4) is 5.75 Å². The Morgan fingerprint density at radius 1 is 1.17 bits per heavy atom. The number of anilines is 1. The molecule has 2 aromatic heterocycles. The number of methoxy groups -OCH3 is 1. The lowest BCUT2D eigenvalue weighted by Gasteiger charge is -2.32. The van der Waals surface area contributed by atoms with Crippen LogP contribution in [0.25, 0.3) is 5.82 Å². The second-order valence-electron chi connectivity index (χ2n) is 5.38. The van der Waals surface area contributed by atoms with E-state index in [1.165, 1.54) is 0 Å². The lowest BCUT2D eigenvalue weighted by Crippen LogP contribution is -2.43. The zero-order chi connectivity index (χ0) is 16.5. The van der Waals surface area contributed by atoms with Crippen LogP contribution in [0.1, 0.15) is 11.7 Å². The minimum Gasteiger partial charge on any atom is -0.497 e. The molecule has 1 aliphatic rings. The SMILES string of the molecule is COc1ccc(N2C(N)=c3ccoc3=NC2c2cccnc2)cc1. The number of furan rings is 1. The molecule has 0 saturated heterocycles. The quantitative estimate of drug-likeness (QED) is 0.792. The van der Waals surface area contributed by atoms with Crippen LogP contribution >= 0.6 is 0 Å². The summed E-state index contributed by atoms with van der Waals surface area (Å²) in [7, 11) is 1.64. The predicted molar refractivity (Wildman–Crippen MR) is 89.5 cm³/mol. The average molecular weight is 320 g/mol. The summed E-state index contributed by atoms with van der Waals surface area (Å²) < 4.78 is 10.7. The van der Waals surface area contributed by atoms with Crippen molar-refractivity contribution in [1.82, 2.24) is 4.98 Å². The van der Waals surface area contributed by atoms with Gasteiger partial charge in [-0.05, 0) is 36.4 Å². The van der Waals surface area contributed by atoms with Gasteiger partial charge in [-0.3, -0.25) is 4.98 Å². The maximum Gasteiger partial charge on any atom is 0.227 e. The first-order valence-corrected chi connectivity index (χ1v) is 7.52. The Bertz CT molecular complexity index is 964. The molecular formula is C18H16N4O2. The number of benzene rings is 1. The molecule has 2 N–H and O–H groups in total. The van der Waals surface area contributed by atoms with Crippen molar-refractivity contribution >= 4 is 11.5 Å². The smallest absolute Gasteiger partial charge is 0.227 e. The van der Waals surface area contributed by atoms with Crippen LogP contribution < -0.4 is 26.1 Å². The number of rotatable bonds is 3. The van der Waals surface area contributed by atoms with Gasteiger partial charge in [-0.1, -0.05) is 6.07 Å². The molecule has 1 aliphatic heterocycles. The minimum atomic E-state index is -0.342. The first kappa shape index (κ1) is 14.3. The molecule has 0 aliphatic carbocycles. The van der Waals surface area contributed by atoms with E-state index in [2.05, 4.69) is 4.98 Å². The molecule has 0 bridgehead atoms. The van der Waals surface area contributed by atoms with Gasteiger partial charge < -0.3 is 19.8 Å². The number of aromatic nitrogens is 1. The van der Waals surface area contributed by atoms with E-state index in [1.807, 2.05) is 47.4 Å². The Morgan fingerprint density at radius 2 is 2.00 bits per heavy atom. The van der Waals surface area contributed by atoms with Gasteiger partial charge in [0.05, 0.1) is 18.6 Å². The molecule has 0 fully saturated rings. The van der Waals surface area contributed by atoms with Gasteiger partial charge in [0.25, 0.3) is 0 Å². The maximum absolute atomic E-state index is 6.44. The van der Waals surface area contributed by atoms with E-state index in [0.29, 0.717) is 11.4 Å². The van der Waals surface area contributed by atoms with E-state index in [9.17, 15) is 0 Å². The highest BCUT2D eigenvalue weighted by atomic mass is 16.5. The number of ether oxygens (including phenoxy) is 1. The molecule has 3 aromatic rings. The molecule has 0 spiro atoms. The number of hydrogen-bond acceptors (Lipinski definition) is 6. The fourth-order valence-corrected chi connectivity index (χ4v) is 2.80. The number of nitrogens with two attached hydrogens (primary N) is 1. The normalized spacial score (nSPS) is 16.5. The van der Waals surface area contributed by atoms with Crippen LogP contribution in [-0.4, -0.2) is 12.1 Å². The molecule has 0 radical (unpaired) electrons. The highest BCUT2D eigenvalue weighted by molar-refractivity contribution is 5.68. The lowest BCUT2D eigenvalue weighted by atomic mass is 10.1. The van der Waals surface area contributed by atoms with E-state index in [1.54, 1.807) is 25.8 Å². The number of nitrogens with zero attached hydrogens (tertiary/aromatic N) is 3. The number of fused-ring (bicyclic) bond motifs is 1. The second-order valence-corrected chi connectivity index (χ2v) is 5.38. The fourth-order valence-electron chi connectivity index (χ4n) is 2.80. The zero-order valence-electron chi connectivity index (χ0n) is 13.1. The van der Waals surface area contributed by atoms with Gasteiger partial charge >= 0.3 is 0 Å². The van der Waals surface area contributed by atoms with Crippen LogP contribution in [-0.2, 0) is 0 Å². The predicted octanol–water partition coefficient (Wildman–Crippen LogP) is 1.55. The van der Waals surface area contributed by atoms with Gasteiger partial charge in [0.15, 0.2) is 6.17 Å². The molecule has 3 heterocycles. The minimum absolute atomic E-state index is 0.342. The summed E-state index contributed by atoms with van der Waals surface area (Å²) in [6.07, 6.45) is 4.77. The largest absolute Gasteiger partial charge is 0.497 e. The molecule has 120 valence electrons. The summed E-state index contributed by atoms with van der Waals surface area (Å²) in [5.74, 6) is 1.38. The van der Waals surface area contributed by atoms with E-state index < -0.39 is 0 Å². The second kappa shape index (κ2) is 5.73. The van der Waals surface area contributed by atoms with Crippen molar-refractivity contribution in [2.75, 3.05) is 12.0 Å². The summed E-state index contributed by atoms with van der Waals surface area (Å²) in [5.41, 5.74) is 8.81. The molecule has 4 rings (SSSR count). The van der Waals surface area contributed by atoms with Crippen LogP contribution in [0.2, 0.25) is 0 Å². The van der Waals surface area contributed by atoms with Gasteiger partial charge in [0, 0.05) is 23.6 Å². The van der Waals surface area contributed by atoms with Crippen LogP contribution in [0, 0.1) is 0 Å². The monoisotopic (exact) mass is 320 g/mol. The van der Waals surface area contributed by atoms with Crippen LogP contribution in [0.5, 0.6) is 5.75 Å². The summed E-state index contributed by atoms with van der Waals surface area (Å²) in [5, 5.41) is 0.783. The van der Waals surface area contributed by atoms with Crippen LogP contribution in [0.3, 0.4) is 0 Å². The third-order valence-electron chi connectivity index (χ3n) is 4.00. The standard InChI is InChI=1S/C18H16N4O2/c1-23-14-6-4-13(5-7-14)22-16(19)15-8-10-24-18(15)21-17(22)12-3-2-9-20-11-12/h2-11,17H,19H2,1H3. The third kappa shape index (κ3) is 2.28. The molecule has 24 heavy (non-hydrogen) atoms. The molecule has 0 saturated carbocycles. The Kier molecular flexibility index (Phi) is 3.42. The van der Waals surface area contributed by atoms with E-state index in [0.717, 1.165) is 22.2 Å². The molecule has 6 nitrogen and oxygen atoms in total. The summed E-state index contributed by atoms with van der Waals surface area (Å²) in [6, 6.07) is 13.4. The average Bonchev–Trinajstić information content (AvgIpc) is 3.11. The van der Waals surface area contributed by atoms with Crippen molar-refractivity contribution in [3.63, 3.8) is 0 Å². The maximum atomic E-state index is 6.44. The van der Waals surface area contributed by atoms with E-state index in [4.69, 9.17) is 19.9 Å². The lowest BCUT2D eigenvalue weighted by molar-refractivity contribution is 0.415. The van der Waals surface area contributed by atoms with Gasteiger partial charge in [-0.15, -0.1) is 0 Å². The first-order valence-electron chi connectivity index (χ1n) is 7.52. The van der Waals surface area contributed by atoms with Gasteiger partial charge in [0.2, 0.25) is 5.55 Å². The molecule has 1 unspecified atom stereocenters. The Labute approximate surface area is 138 Å². The Balaban J connectivity index is 1.90. The van der Waals surface area contributed by atoms with Gasteiger partial charge in [0.1, 0.15) is 11.6 Å². The van der Waals surface area contributed by atoms with Gasteiger partial charge in [-0.25, -0.2) is 4.99 Å². The summed E-state index contributed by atoms with van der Waals surface area (Å²) in [4.78, 5) is 10.9. The Hall–Kier alpha value is -3.28. The van der Waals surface area contributed by atoms with Crippen molar-refractivity contribution in [1.29, 1.82) is 0 Å². The first-order chi connectivity index (χ1) is 11.8. The third-order valence-corrected chi connectivity index (χ3v) is 4.00. The highest BCUT2D eigenvalue weighted by Gasteiger charge is 2.27. The van der Waals surface area contributed by atoms with Crippen molar-refractivity contribution in [3.05, 3.63) is 77.5 Å². The molecular weight excluding hydrogens is 304 g/mol. The van der Waals surface area contributed by atoms with Crippen molar-refractivity contribution < 1.29 is 9.15 Å². The molecule has 1 aromatic carbocycles. The number of pyridine rings is 1. The molecule has 0 amide bonds. The highest BCUT2D eigenvalue weighted by Crippen LogP contribution is 2.32. The van der Waals surface area contributed by atoms with Crippen molar-refractivity contribution in [2.45, 2.75) is 6.17 Å². The summed E-state index contributed by atoms with van der Waals surface area (Å²) in [6.45, 7) is 0. The van der Waals surface area contributed by atoms with E-state index in [-0.39, 0.29) is 6.17 Å².